The zero-order chi connectivity index (χ0) is 19.6. The van der Waals surface area contributed by atoms with Crippen molar-refractivity contribution in [3.8, 4) is 11.5 Å². The fourth-order valence-corrected chi connectivity index (χ4v) is 3.51. The highest BCUT2D eigenvalue weighted by molar-refractivity contribution is 7.92. The zero-order valence-electron chi connectivity index (χ0n) is 14.6. The molecule has 3 aromatic rings. The molecule has 0 fully saturated rings. The van der Waals surface area contributed by atoms with Crippen molar-refractivity contribution < 1.29 is 17.2 Å². The summed E-state index contributed by atoms with van der Waals surface area (Å²) in [5.41, 5.74) is 0.985. The van der Waals surface area contributed by atoms with Crippen molar-refractivity contribution in [2.75, 3.05) is 17.1 Å². The van der Waals surface area contributed by atoms with Gasteiger partial charge >= 0.3 is 0 Å². The van der Waals surface area contributed by atoms with Crippen LogP contribution < -0.4 is 4.31 Å². The first kappa shape index (κ1) is 19.3. The van der Waals surface area contributed by atoms with Crippen LogP contribution in [-0.4, -0.2) is 41.2 Å². The van der Waals surface area contributed by atoms with Crippen LogP contribution in [0.5, 0.6) is 0 Å². The van der Waals surface area contributed by atoms with E-state index < -0.39 is 16.2 Å². The standard InChI is InChI=1S/C16H17ClFN5O3S/c1-11(18)15-20-21-16(26-15)12-9-19-22(10-12)6-7-23(27(2,24)25)14-5-3-4-13(17)8-14/h3-5,8-11H,6-7H2,1-2H3. The van der Waals surface area contributed by atoms with Gasteiger partial charge in [-0.25, -0.2) is 12.8 Å². The summed E-state index contributed by atoms with van der Waals surface area (Å²) < 4.78 is 45.5. The highest BCUT2D eigenvalue weighted by Crippen LogP contribution is 2.23. The maximum atomic E-state index is 13.2. The van der Waals surface area contributed by atoms with Gasteiger partial charge in [0.25, 0.3) is 11.8 Å². The smallest absolute Gasteiger partial charge is 0.251 e. The van der Waals surface area contributed by atoms with Gasteiger partial charge in [0.2, 0.25) is 10.0 Å². The van der Waals surface area contributed by atoms with E-state index in [4.69, 9.17) is 16.0 Å². The Morgan fingerprint density at radius 1 is 1.37 bits per heavy atom. The Hall–Kier alpha value is -2.46. The summed E-state index contributed by atoms with van der Waals surface area (Å²) in [6, 6.07) is 6.60. The van der Waals surface area contributed by atoms with Crippen LogP contribution in [0.3, 0.4) is 0 Å². The first-order valence-corrected chi connectivity index (χ1v) is 10.2. The largest absolute Gasteiger partial charge is 0.417 e. The van der Waals surface area contributed by atoms with E-state index in [2.05, 4.69) is 15.3 Å². The van der Waals surface area contributed by atoms with Gasteiger partial charge in [-0.15, -0.1) is 10.2 Å². The average Bonchev–Trinajstić information content (AvgIpc) is 3.23. The number of rotatable bonds is 7. The number of alkyl halides is 1. The van der Waals surface area contributed by atoms with Crippen LogP contribution in [-0.2, 0) is 16.6 Å². The molecule has 11 heteroatoms. The van der Waals surface area contributed by atoms with Gasteiger partial charge in [0.1, 0.15) is 0 Å². The van der Waals surface area contributed by atoms with Crippen molar-refractivity contribution in [2.24, 2.45) is 0 Å². The Morgan fingerprint density at radius 2 is 2.15 bits per heavy atom. The van der Waals surface area contributed by atoms with E-state index in [1.54, 1.807) is 35.1 Å². The van der Waals surface area contributed by atoms with Gasteiger partial charge in [0, 0.05) is 11.2 Å². The molecule has 0 aliphatic carbocycles. The molecule has 0 saturated heterocycles. The number of hydrogen-bond donors (Lipinski definition) is 0. The van der Waals surface area contributed by atoms with Crippen molar-refractivity contribution in [3.63, 3.8) is 0 Å². The van der Waals surface area contributed by atoms with Gasteiger partial charge in [-0.2, -0.15) is 5.10 Å². The summed E-state index contributed by atoms with van der Waals surface area (Å²) in [5, 5.41) is 12.0. The van der Waals surface area contributed by atoms with Crippen molar-refractivity contribution >= 4 is 27.3 Å². The maximum Gasteiger partial charge on any atom is 0.251 e. The van der Waals surface area contributed by atoms with Gasteiger partial charge in [-0.3, -0.25) is 8.99 Å². The first-order chi connectivity index (χ1) is 12.7. The lowest BCUT2D eigenvalue weighted by Gasteiger charge is -2.22. The van der Waals surface area contributed by atoms with Gasteiger partial charge in [0.05, 0.1) is 36.8 Å². The first-order valence-electron chi connectivity index (χ1n) is 7.97. The SMILES string of the molecule is CC(F)c1nnc(-c2cnn(CCN(c3cccc(Cl)c3)S(C)(=O)=O)c2)o1. The summed E-state index contributed by atoms with van der Waals surface area (Å²) in [6.45, 7) is 1.73. The van der Waals surface area contributed by atoms with Crippen molar-refractivity contribution in [1.29, 1.82) is 0 Å². The van der Waals surface area contributed by atoms with Crippen molar-refractivity contribution in [1.82, 2.24) is 20.0 Å². The molecular weight excluding hydrogens is 397 g/mol. The fraction of sp³-hybridized carbons (Fsp3) is 0.312. The number of anilines is 1. The summed E-state index contributed by atoms with van der Waals surface area (Å²) in [7, 11) is -3.51. The number of halogens is 2. The molecule has 1 aromatic carbocycles. The topological polar surface area (TPSA) is 94.1 Å². The van der Waals surface area contributed by atoms with Gasteiger partial charge in [0.15, 0.2) is 6.17 Å². The van der Waals surface area contributed by atoms with Crippen molar-refractivity contribution in [3.05, 3.63) is 47.6 Å². The maximum absolute atomic E-state index is 13.2. The van der Waals surface area contributed by atoms with Crippen LogP contribution in [0.15, 0.2) is 41.1 Å². The molecule has 0 bridgehead atoms. The van der Waals surface area contributed by atoms with E-state index in [9.17, 15) is 12.8 Å². The molecule has 8 nitrogen and oxygen atoms in total. The normalized spacial score (nSPS) is 12.9. The molecule has 0 amide bonds. The second-order valence-electron chi connectivity index (χ2n) is 5.87. The molecule has 1 atom stereocenters. The number of sulfonamides is 1. The van der Waals surface area contributed by atoms with Crippen LogP contribution in [0.1, 0.15) is 19.0 Å². The van der Waals surface area contributed by atoms with Gasteiger partial charge in [-0.1, -0.05) is 17.7 Å². The van der Waals surface area contributed by atoms with E-state index in [-0.39, 0.29) is 24.9 Å². The highest BCUT2D eigenvalue weighted by atomic mass is 35.5. The molecular formula is C16H17ClFN5O3S. The predicted octanol–water partition coefficient (Wildman–Crippen LogP) is 3.08. The second kappa shape index (κ2) is 7.65. The third-order valence-electron chi connectivity index (χ3n) is 3.69. The van der Waals surface area contributed by atoms with Gasteiger partial charge in [-0.05, 0) is 25.1 Å². The van der Waals surface area contributed by atoms with Crippen LogP contribution in [0.2, 0.25) is 5.02 Å². The summed E-state index contributed by atoms with van der Waals surface area (Å²) in [4.78, 5) is 0. The van der Waals surface area contributed by atoms with Crippen LogP contribution in [0.25, 0.3) is 11.5 Å². The van der Waals surface area contributed by atoms with Crippen LogP contribution in [0, 0.1) is 0 Å². The Kier molecular flexibility index (Phi) is 5.47. The molecule has 3 rings (SSSR count). The predicted molar refractivity (Wildman–Crippen MR) is 98.7 cm³/mol. The van der Waals surface area contributed by atoms with E-state index in [0.29, 0.717) is 16.3 Å². The number of benzene rings is 1. The Labute approximate surface area is 160 Å². The molecule has 27 heavy (non-hydrogen) atoms. The molecule has 2 heterocycles. The Bertz CT molecular complexity index is 1030. The van der Waals surface area contributed by atoms with E-state index in [1.807, 2.05) is 0 Å². The quantitative estimate of drug-likeness (QED) is 0.590. The minimum absolute atomic E-state index is 0.109. The summed E-state index contributed by atoms with van der Waals surface area (Å²) in [5.74, 6) is 0.0394. The molecule has 0 aliphatic heterocycles. The van der Waals surface area contributed by atoms with E-state index in [1.165, 1.54) is 17.4 Å². The molecule has 144 valence electrons. The van der Waals surface area contributed by atoms with Crippen molar-refractivity contribution in [2.45, 2.75) is 19.6 Å². The lowest BCUT2D eigenvalue weighted by Crippen LogP contribution is -2.33. The lowest BCUT2D eigenvalue weighted by molar-refractivity contribution is 0.301. The van der Waals surface area contributed by atoms with Crippen LogP contribution in [0.4, 0.5) is 10.1 Å². The second-order valence-corrected chi connectivity index (χ2v) is 8.21. The number of nitrogens with zero attached hydrogens (tertiary/aromatic N) is 5. The molecule has 0 saturated carbocycles. The molecule has 2 aromatic heterocycles. The van der Waals surface area contributed by atoms with E-state index >= 15 is 0 Å². The molecule has 0 N–H and O–H groups in total. The minimum Gasteiger partial charge on any atom is -0.417 e. The lowest BCUT2D eigenvalue weighted by atomic mass is 10.3. The highest BCUT2D eigenvalue weighted by Gasteiger charge is 2.19. The molecule has 1 unspecified atom stereocenters. The Balaban J connectivity index is 1.75. The summed E-state index contributed by atoms with van der Waals surface area (Å²) in [6.07, 6.45) is 2.88. The number of hydrogen-bond acceptors (Lipinski definition) is 6. The fourth-order valence-electron chi connectivity index (χ4n) is 2.42. The molecule has 0 radical (unpaired) electrons. The molecule has 0 spiro atoms. The van der Waals surface area contributed by atoms with Crippen LogP contribution >= 0.6 is 11.6 Å². The summed E-state index contributed by atoms with van der Waals surface area (Å²) >= 11 is 5.96. The molecule has 0 aliphatic rings. The zero-order valence-corrected chi connectivity index (χ0v) is 16.2. The van der Waals surface area contributed by atoms with E-state index in [0.717, 1.165) is 6.26 Å². The monoisotopic (exact) mass is 413 g/mol. The third kappa shape index (κ3) is 4.64. The number of aromatic nitrogens is 4. The minimum atomic E-state index is -3.51. The average molecular weight is 414 g/mol. The van der Waals surface area contributed by atoms with Gasteiger partial charge < -0.3 is 4.42 Å². The Morgan fingerprint density at radius 3 is 2.78 bits per heavy atom. The third-order valence-corrected chi connectivity index (χ3v) is 5.12.